The van der Waals surface area contributed by atoms with Gasteiger partial charge in [-0.15, -0.1) is 0 Å². The average molecular weight is 310 g/mol. The SMILES string of the molecule is Fc1cccc(CN2CCN(CC=Cc3ccccc3)CC2)c1. The molecule has 0 bridgehead atoms. The van der Waals surface area contributed by atoms with Crippen LogP contribution < -0.4 is 0 Å². The summed E-state index contributed by atoms with van der Waals surface area (Å²) >= 11 is 0. The minimum atomic E-state index is -0.146. The van der Waals surface area contributed by atoms with Crippen LogP contribution in [0, 0.1) is 5.82 Å². The molecule has 0 amide bonds. The predicted octanol–water partition coefficient (Wildman–Crippen LogP) is 3.66. The van der Waals surface area contributed by atoms with E-state index in [1.165, 1.54) is 11.6 Å². The van der Waals surface area contributed by atoms with Crippen LogP contribution in [0.5, 0.6) is 0 Å². The third-order valence-electron chi connectivity index (χ3n) is 4.23. The highest BCUT2D eigenvalue weighted by Gasteiger charge is 2.15. The van der Waals surface area contributed by atoms with Crippen LogP contribution in [0.1, 0.15) is 11.1 Å². The highest BCUT2D eigenvalue weighted by molar-refractivity contribution is 5.48. The maximum Gasteiger partial charge on any atom is 0.123 e. The molecule has 120 valence electrons. The van der Waals surface area contributed by atoms with Crippen LogP contribution >= 0.6 is 0 Å². The van der Waals surface area contributed by atoms with Crippen LogP contribution in [-0.2, 0) is 6.54 Å². The summed E-state index contributed by atoms with van der Waals surface area (Å²) in [5.74, 6) is -0.146. The van der Waals surface area contributed by atoms with E-state index in [0.29, 0.717) is 0 Å². The lowest BCUT2D eigenvalue weighted by molar-refractivity contribution is 0.137. The van der Waals surface area contributed by atoms with E-state index in [1.807, 2.05) is 12.1 Å². The highest BCUT2D eigenvalue weighted by Crippen LogP contribution is 2.10. The maximum atomic E-state index is 13.2. The number of nitrogens with zero attached hydrogens (tertiary/aromatic N) is 2. The quantitative estimate of drug-likeness (QED) is 0.831. The number of piperazine rings is 1. The summed E-state index contributed by atoms with van der Waals surface area (Å²) in [7, 11) is 0. The van der Waals surface area contributed by atoms with Gasteiger partial charge in [-0.05, 0) is 23.3 Å². The van der Waals surface area contributed by atoms with Crippen LogP contribution in [0.4, 0.5) is 4.39 Å². The van der Waals surface area contributed by atoms with Crippen molar-refractivity contribution in [3.8, 4) is 0 Å². The number of halogens is 1. The first-order valence-corrected chi connectivity index (χ1v) is 8.20. The lowest BCUT2D eigenvalue weighted by atomic mass is 10.2. The van der Waals surface area contributed by atoms with Crippen LogP contribution in [0.2, 0.25) is 0 Å². The van der Waals surface area contributed by atoms with Crippen molar-refractivity contribution < 1.29 is 4.39 Å². The van der Waals surface area contributed by atoms with Crippen molar-refractivity contribution in [1.82, 2.24) is 9.80 Å². The van der Waals surface area contributed by atoms with Crippen molar-refractivity contribution in [1.29, 1.82) is 0 Å². The maximum absolute atomic E-state index is 13.2. The summed E-state index contributed by atoms with van der Waals surface area (Å²) in [5.41, 5.74) is 2.31. The van der Waals surface area contributed by atoms with E-state index in [4.69, 9.17) is 0 Å². The van der Waals surface area contributed by atoms with Gasteiger partial charge in [-0.25, -0.2) is 4.39 Å². The molecular formula is C20H23FN2. The molecule has 0 atom stereocenters. The zero-order valence-corrected chi connectivity index (χ0v) is 13.4. The molecule has 0 saturated carbocycles. The number of hydrogen-bond acceptors (Lipinski definition) is 2. The van der Waals surface area contributed by atoms with E-state index in [-0.39, 0.29) is 5.82 Å². The van der Waals surface area contributed by atoms with Crippen molar-refractivity contribution >= 4 is 6.08 Å². The molecule has 1 fully saturated rings. The van der Waals surface area contributed by atoms with Crippen LogP contribution in [0.15, 0.2) is 60.7 Å². The van der Waals surface area contributed by atoms with Crippen molar-refractivity contribution in [3.63, 3.8) is 0 Å². The molecule has 0 spiro atoms. The second kappa shape index (κ2) is 8.04. The Hall–Kier alpha value is -1.97. The standard InChI is InChI=1S/C20H23FN2/c21-20-10-4-8-19(16-20)17-23-14-12-22(13-15-23)11-5-9-18-6-2-1-3-7-18/h1-10,16H,11-15,17H2. The Morgan fingerprint density at radius 1 is 0.870 bits per heavy atom. The first kappa shape index (κ1) is 15.9. The van der Waals surface area contributed by atoms with Gasteiger partial charge in [0.05, 0.1) is 0 Å². The van der Waals surface area contributed by atoms with Crippen LogP contribution in [0.3, 0.4) is 0 Å². The lowest BCUT2D eigenvalue weighted by Crippen LogP contribution is -2.45. The largest absolute Gasteiger partial charge is 0.297 e. The van der Waals surface area contributed by atoms with Gasteiger partial charge in [-0.2, -0.15) is 0 Å². The minimum absolute atomic E-state index is 0.146. The van der Waals surface area contributed by atoms with E-state index < -0.39 is 0 Å². The molecule has 0 aliphatic carbocycles. The van der Waals surface area contributed by atoms with E-state index >= 15 is 0 Å². The van der Waals surface area contributed by atoms with Gasteiger partial charge >= 0.3 is 0 Å². The Labute approximate surface area is 137 Å². The van der Waals surface area contributed by atoms with Gasteiger partial charge in [0, 0.05) is 39.3 Å². The zero-order valence-electron chi connectivity index (χ0n) is 13.4. The molecule has 23 heavy (non-hydrogen) atoms. The molecule has 0 radical (unpaired) electrons. The normalized spacial score (nSPS) is 16.9. The van der Waals surface area contributed by atoms with E-state index in [1.54, 1.807) is 12.1 Å². The highest BCUT2D eigenvalue weighted by atomic mass is 19.1. The van der Waals surface area contributed by atoms with Crippen LogP contribution in [0.25, 0.3) is 6.08 Å². The zero-order chi connectivity index (χ0) is 15.9. The van der Waals surface area contributed by atoms with Gasteiger partial charge < -0.3 is 0 Å². The van der Waals surface area contributed by atoms with Gasteiger partial charge in [0.15, 0.2) is 0 Å². The van der Waals surface area contributed by atoms with E-state index in [9.17, 15) is 4.39 Å². The van der Waals surface area contributed by atoms with Crippen molar-refractivity contribution in [2.75, 3.05) is 32.7 Å². The summed E-state index contributed by atoms with van der Waals surface area (Å²) in [4.78, 5) is 4.85. The fourth-order valence-electron chi connectivity index (χ4n) is 2.93. The first-order valence-electron chi connectivity index (χ1n) is 8.20. The Kier molecular flexibility index (Phi) is 5.56. The second-order valence-electron chi connectivity index (χ2n) is 6.02. The van der Waals surface area contributed by atoms with Crippen molar-refractivity contribution in [3.05, 3.63) is 77.6 Å². The Balaban J connectivity index is 1.42. The molecule has 1 heterocycles. The third kappa shape index (κ3) is 5.02. The van der Waals surface area contributed by atoms with E-state index in [0.717, 1.165) is 44.8 Å². The molecule has 1 saturated heterocycles. The molecule has 2 aromatic carbocycles. The second-order valence-corrected chi connectivity index (χ2v) is 6.02. The molecule has 2 aromatic rings. The molecular weight excluding hydrogens is 287 g/mol. The van der Waals surface area contributed by atoms with Gasteiger partial charge in [0.25, 0.3) is 0 Å². The molecule has 3 heteroatoms. The topological polar surface area (TPSA) is 6.48 Å². The summed E-state index contributed by atoms with van der Waals surface area (Å²) in [6, 6.07) is 17.3. The smallest absolute Gasteiger partial charge is 0.123 e. The number of rotatable bonds is 5. The number of hydrogen-bond donors (Lipinski definition) is 0. The molecule has 0 aromatic heterocycles. The van der Waals surface area contributed by atoms with E-state index in [2.05, 4.69) is 46.2 Å². The Morgan fingerprint density at radius 2 is 1.61 bits per heavy atom. The lowest BCUT2D eigenvalue weighted by Gasteiger charge is -2.34. The van der Waals surface area contributed by atoms with Gasteiger partial charge in [-0.3, -0.25) is 9.80 Å². The average Bonchev–Trinajstić information content (AvgIpc) is 2.58. The molecule has 3 rings (SSSR count). The molecule has 1 aliphatic heterocycles. The fraction of sp³-hybridized carbons (Fsp3) is 0.300. The molecule has 0 N–H and O–H groups in total. The van der Waals surface area contributed by atoms with Crippen molar-refractivity contribution in [2.24, 2.45) is 0 Å². The molecule has 1 aliphatic rings. The van der Waals surface area contributed by atoms with Crippen molar-refractivity contribution in [2.45, 2.75) is 6.54 Å². The molecule has 2 nitrogen and oxygen atoms in total. The summed E-state index contributed by atoms with van der Waals surface area (Å²) in [5, 5.41) is 0. The fourth-order valence-corrected chi connectivity index (χ4v) is 2.93. The van der Waals surface area contributed by atoms with Gasteiger partial charge in [0.1, 0.15) is 5.82 Å². The van der Waals surface area contributed by atoms with Crippen LogP contribution in [-0.4, -0.2) is 42.5 Å². The Morgan fingerprint density at radius 3 is 2.35 bits per heavy atom. The Bertz CT molecular complexity index is 631. The monoisotopic (exact) mass is 310 g/mol. The molecule has 0 unspecified atom stereocenters. The first-order chi connectivity index (χ1) is 11.3. The minimum Gasteiger partial charge on any atom is -0.297 e. The van der Waals surface area contributed by atoms with Gasteiger partial charge in [-0.1, -0.05) is 54.6 Å². The summed E-state index contributed by atoms with van der Waals surface area (Å²) in [6.07, 6.45) is 4.41. The number of benzene rings is 2. The third-order valence-corrected chi connectivity index (χ3v) is 4.23. The summed E-state index contributed by atoms with van der Waals surface area (Å²) < 4.78 is 13.2. The summed E-state index contributed by atoms with van der Waals surface area (Å²) in [6.45, 7) is 6.03. The predicted molar refractivity (Wildman–Crippen MR) is 93.6 cm³/mol. The van der Waals surface area contributed by atoms with Gasteiger partial charge in [0.2, 0.25) is 0 Å².